The second-order valence-corrected chi connectivity index (χ2v) is 4.85. The number of rotatable bonds is 7. The van der Waals surface area contributed by atoms with Crippen LogP contribution in [0, 0.1) is 11.3 Å². The summed E-state index contributed by atoms with van der Waals surface area (Å²) in [6.07, 6.45) is 2.22. The van der Waals surface area contributed by atoms with E-state index in [2.05, 4.69) is 12.2 Å². The fourth-order valence-electron chi connectivity index (χ4n) is 1.86. The average Bonchev–Trinajstić information content (AvgIpc) is 2.47. The number of carbonyl (C=O) groups excluding carboxylic acids is 2. The summed E-state index contributed by atoms with van der Waals surface area (Å²) in [7, 11) is 0. The molecule has 0 spiro atoms. The number of carbonyl (C=O) groups is 2. The second kappa shape index (κ2) is 8.75. The Morgan fingerprint density at radius 2 is 1.90 bits per heavy atom. The highest BCUT2D eigenvalue weighted by Gasteiger charge is 2.10. The zero-order valence-electron chi connectivity index (χ0n) is 12.6. The van der Waals surface area contributed by atoms with E-state index in [0.29, 0.717) is 24.3 Å². The minimum atomic E-state index is -0.137. The summed E-state index contributed by atoms with van der Waals surface area (Å²) in [5.74, 6) is -0.142. The summed E-state index contributed by atoms with van der Waals surface area (Å²) in [5, 5.41) is 11.5. The highest BCUT2D eigenvalue weighted by molar-refractivity contribution is 5.91. The molecule has 5 heteroatoms. The molecular weight excluding hydrogens is 266 g/mol. The maximum atomic E-state index is 11.9. The summed E-state index contributed by atoms with van der Waals surface area (Å²) >= 11 is 0. The van der Waals surface area contributed by atoms with Crippen molar-refractivity contribution < 1.29 is 9.59 Å². The molecule has 0 fully saturated rings. The Labute approximate surface area is 125 Å². The molecule has 1 aromatic carbocycles. The molecule has 0 atom stereocenters. The number of nitriles is 1. The molecule has 1 rings (SSSR count). The van der Waals surface area contributed by atoms with Crippen LogP contribution in [-0.2, 0) is 9.59 Å². The van der Waals surface area contributed by atoms with Crippen molar-refractivity contribution in [2.24, 2.45) is 0 Å². The zero-order valence-corrected chi connectivity index (χ0v) is 12.6. The monoisotopic (exact) mass is 287 g/mol. The Morgan fingerprint density at radius 1 is 1.24 bits per heavy atom. The lowest BCUT2D eigenvalue weighted by atomic mass is 10.2. The molecule has 0 heterocycles. The van der Waals surface area contributed by atoms with E-state index >= 15 is 0 Å². The molecule has 0 saturated carbocycles. The highest BCUT2D eigenvalue weighted by atomic mass is 16.2. The van der Waals surface area contributed by atoms with E-state index < -0.39 is 0 Å². The molecule has 0 unspecified atom stereocenters. The largest absolute Gasteiger partial charge is 0.342 e. The summed E-state index contributed by atoms with van der Waals surface area (Å²) in [4.78, 5) is 25.0. The molecule has 0 aliphatic heterocycles. The summed E-state index contributed by atoms with van der Waals surface area (Å²) < 4.78 is 0. The first-order chi connectivity index (χ1) is 10.1. The van der Waals surface area contributed by atoms with E-state index in [9.17, 15) is 9.59 Å². The molecule has 112 valence electrons. The van der Waals surface area contributed by atoms with Gasteiger partial charge < -0.3 is 10.2 Å². The molecule has 0 aromatic heterocycles. The van der Waals surface area contributed by atoms with Crippen LogP contribution in [0.1, 0.15) is 38.7 Å². The van der Waals surface area contributed by atoms with Gasteiger partial charge in [-0.2, -0.15) is 5.26 Å². The van der Waals surface area contributed by atoms with Gasteiger partial charge >= 0.3 is 0 Å². The molecule has 5 nitrogen and oxygen atoms in total. The number of anilines is 1. The number of nitrogens with one attached hydrogen (secondary N) is 1. The third kappa shape index (κ3) is 6.09. The lowest BCUT2D eigenvalue weighted by molar-refractivity contribution is -0.129. The first-order valence-corrected chi connectivity index (χ1v) is 7.12. The van der Waals surface area contributed by atoms with Crippen molar-refractivity contribution in [3.8, 4) is 6.07 Å². The maximum absolute atomic E-state index is 11.9. The van der Waals surface area contributed by atoms with Crippen molar-refractivity contribution in [1.82, 2.24) is 4.90 Å². The second-order valence-electron chi connectivity index (χ2n) is 4.85. The van der Waals surface area contributed by atoms with Crippen molar-refractivity contribution in [1.29, 1.82) is 5.26 Å². The number of hydrogen-bond acceptors (Lipinski definition) is 3. The molecule has 0 aliphatic rings. The predicted molar refractivity (Wildman–Crippen MR) is 81.6 cm³/mol. The Balaban J connectivity index is 2.45. The highest BCUT2D eigenvalue weighted by Crippen LogP contribution is 2.09. The Hall–Kier alpha value is -2.35. The smallest absolute Gasteiger partial charge is 0.226 e. The third-order valence-electron chi connectivity index (χ3n) is 3.13. The number of unbranched alkanes of at least 4 members (excludes halogenated alkanes) is 1. The number of amides is 2. The van der Waals surface area contributed by atoms with Crippen molar-refractivity contribution >= 4 is 17.5 Å². The van der Waals surface area contributed by atoms with Gasteiger partial charge in [-0.05, 0) is 30.7 Å². The minimum absolute atomic E-state index is 0.00498. The standard InChI is InChI=1S/C16H21N3O2/c1-3-4-10-19(13(2)20)11-9-16(21)18-15-7-5-14(12-17)6-8-15/h5-8H,3-4,9-11H2,1-2H3,(H,18,21). The Morgan fingerprint density at radius 3 is 2.43 bits per heavy atom. The van der Waals surface area contributed by atoms with Gasteiger partial charge in [0.1, 0.15) is 0 Å². The van der Waals surface area contributed by atoms with E-state index in [1.54, 1.807) is 29.2 Å². The fraction of sp³-hybridized carbons (Fsp3) is 0.438. The lowest BCUT2D eigenvalue weighted by Gasteiger charge is -2.20. The van der Waals surface area contributed by atoms with E-state index in [-0.39, 0.29) is 18.2 Å². The van der Waals surface area contributed by atoms with Gasteiger partial charge in [0.2, 0.25) is 11.8 Å². The first kappa shape index (κ1) is 16.7. The summed E-state index contributed by atoms with van der Waals surface area (Å²) in [6.45, 7) is 4.71. The summed E-state index contributed by atoms with van der Waals surface area (Å²) in [6, 6.07) is 8.71. The topological polar surface area (TPSA) is 73.2 Å². The SMILES string of the molecule is CCCCN(CCC(=O)Nc1ccc(C#N)cc1)C(C)=O. The van der Waals surface area contributed by atoms with Crippen molar-refractivity contribution in [2.45, 2.75) is 33.1 Å². The molecule has 0 bridgehead atoms. The van der Waals surface area contributed by atoms with E-state index in [1.165, 1.54) is 6.92 Å². The number of hydrogen-bond donors (Lipinski definition) is 1. The summed E-state index contributed by atoms with van der Waals surface area (Å²) in [5.41, 5.74) is 1.21. The number of nitrogens with zero attached hydrogens (tertiary/aromatic N) is 2. The van der Waals surface area contributed by atoms with Gasteiger partial charge in [-0.1, -0.05) is 13.3 Å². The van der Waals surface area contributed by atoms with Crippen LogP contribution in [0.2, 0.25) is 0 Å². The van der Waals surface area contributed by atoms with Crippen LogP contribution in [0.5, 0.6) is 0 Å². The van der Waals surface area contributed by atoms with Crippen LogP contribution in [0.4, 0.5) is 5.69 Å². The van der Waals surface area contributed by atoms with Gasteiger partial charge in [0.25, 0.3) is 0 Å². The van der Waals surface area contributed by atoms with Crippen LogP contribution < -0.4 is 5.32 Å². The maximum Gasteiger partial charge on any atom is 0.226 e. The van der Waals surface area contributed by atoms with Crippen molar-refractivity contribution in [3.05, 3.63) is 29.8 Å². The van der Waals surface area contributed by atoms with Crippen LogP contribution >= 0.6 is 0 Å². The van der Waals surface area contributed by atoms with E-state index in [1.807, 2.05) is 6.07 Å². The normalized spacial score (nSPS) is 9.76. The molecule has 1 aromatic rings. The van der Waals surface area contributed by atoms with Gasteiger partial charge in [0.05, 0.1) is 11.6 Å². The van der Waals surface area contributed by atoms with Gasteiger partial charge in [0, 0.05) is 32.1 Å². The minimum Gasteiger partial charge on any atom is -0.342 e. The van der Waals surface area contributed by atoms with Gasteiger partial charge in [0.15, 0.2) is 0 Å². The van der Waals surface area contributed by atoms with Crippen LogP contribution in [0.3, 0.4) is 0 Å². The molecular formula is C16H21N3O2. The van der Waals surface area contributed by atoms with Gasteiger partial charge in [-0.3, -0.25) is 9.59 Å². The molecule has 1 N–H and O–H groups in total. The quantitative estimate of drug-likeness (QED) is 0.837. The molecule has 21 heavy (non-hydrogen) atoms. The molecule has 0 saturated heterocycles. The van der Waals surface area contributed by atoms with Crippen LogP contribution in [-0.4, -0.2) is 29.8 Å². The Bertz CT molecular complexity index is 517. The molecule has 0 radical (unpaired) electrons. The van der Waals surface area contributed by atoms with E-state index in [4.69, 9.17) is 5.26 Å². The van der Waals surface area contributed by atoms with Crippen molar-refractivity contribution in [3.63, 3.8) is 0 Å². The van der Waals surface area contributed by atoms with Crippen LogP contribution in [0.25, 0.3) is 0 Å². The molecule has 2 amide bonds. The van der Waals surface area contributed by atoms with Crippen molar-refractivity contribution in [2.75, 3.05) is 18.4 Å². The van der Waals surface area contributed by atoms with E-state index in [0.717, 1.165) is 12.8 Å². The van der Waals surface area contributed by atoms with Crippen LogP contribution in [0.15, 0.2) is 24.3 Å². The number of benzene rings is 1. The molecule has 0 aliphatic carbocycles. The third-order valence-corrected chi connectivity index (χ3v) is 3.13. The average molecular weight is 287 g/mol. The predicted octanol–water partition coefficient (Wildman–Crippen LogP) is 2.54. The fourth-order valence-corrected chi connectivity index (χ4v) is 1.86. The van der Waals surface area contributed by atoms with Gasteiger partial charge in [-0.25, -0.2) is 0 Å². The first-order valence-electron chi connectivity index (χ1n) is 7.12. The zero-order chi connectivity index (χ0) is 15.7. The Kier molecular flexibility index (Phi) is 6.96. The van der Waals surface area contributed by atoms with Gasteiger partial charge in [-0.15, -0.1) is 0 Å². The lowest BCUT2D eigenvalue weighted by Crippen LogP contribution is -2.32.